The average Bonchev–Trinajstić information content (AvgIpc) is 2.15. The molecule has 1 N–H and O–H groups in total. The largest absolute Gasteiger partial charge is 0.496 e. The molecule has 2 nitrogen and oxygen atoms in total. The summed E-state index contributed by atoms with van der Waals surface area (Å²) in [5.74, 6) is 0.401. The first-order valence-electron chi connectivity index (χ1n) is 4.64. The summed E-state index contributed by atoms with van der Waals surface area (Å²) in [6, 6.07) is 4.42. The monoisotopic (exact) mass is 198 g/mol. The lowest BCUT2D eigenvalue weighted by atomic mass is 10.1. The third-order valence-corrected chi connectivity index (χ3v) is 2.07. The van der Waals surface area contributed by atoms with Gasteiger partial charge >= 0.3 is 0 Å². The Labute approximate surface area is 83.3 Å². The van der Waals surface area contributed by atoms with Crippen LogP contribution in [0.15, 0.2) is 18.2 Å². The van der Waals surface area contributed by atoms with Crippen LogP contribution in [0.2, 0.25) is 0 Å². The third-order valence-electron chi connectivity index (χ3n) is 2.07. The van der Waals surface area contributed by atoms with Gasteiger partial charge in [0.2, 0.25) is 0 Å². The number of aryl methyl sites for hydroxylation is 1. The second-order valence-corrected chi connectivity index (χ2v) is 3.34. The number of benzene rings is 1. The van der Waals surface area contributed by atoms with Crippen molar-refractivity contribution in [1.82, 2.24) is 0 Å². The molecule has 0 aromatic heterocycles. The highest BCUT2D eigenvalue weighted by atomic mass is 19.1. The maximum absolute atomic E-state index is 12.9. The zero-order chi connectivity index (χ0) is 10.6. The Balaban J connectivity index is 2.77. The molecule has 0 spiro atoms. The molecule has 1 rings (SSSR count). The van der Waals surface area contributed by atoms with Crippen LogP contribution in [-0.2, 0) is 6.42 Å². The zero-order valence-corrected chi connectivity index (χ0v) is 8.46. The molecule has 1 aromatic rings. The predicted molar refractivity (Wildman–Crippen MR) is 53.0 cm³/mol. The van der Waals surface area contributed by atoms with Crippen molar-refractivity contribution in [3.05, 3.63) is 29.6 Å². The minimum Gasteiger partial charge on any atom is -0.496 e. The molecule has 78 valence electrons. The van der Waals surface area contributed by atoms with Gasteiger partial charge in [-0.25, -0.2) is 4.39 Å². The van der Waals surface area contributed by atoms with Crippen molar-refractivity contribution < 1.29 is 14.2 Å². The lowest BCUT2D eigenvalue weighted by Crippen LogP contribution is -2.02. The number of ether oxygens (including phenoxy) is 1. The van der Waals surface area contributed by atoms with Crippen LogP contribution in [0, 0.1) is 5.82 Å². The van der Waals surface area contributed by atoms with Gasteiger partial charge in [-0.1, -0.05) is 0 Å². The molecule has 0 aliphatic carbocycles. The van der Waals surface area contributed by atoms with Gasteiger partial charge in [-0.05, 0) is 43.5 Å². The fourth-order valence-corrected chi connectivity index (χ4v) is 1.31. The summed E-state index contributed by atoms with van der Waals surface area (Å²) in [4.78, 5) is 0. The Morgan fingerprint density at radius 2 is 2.21 bits per heavy atom. The average molecular weight is 198 g/mol. The van der Waals surface area contributed by atoms with E-state index in [-0.39, 0.29) is 11.9 Å². The van der Waals surface area contributed by atoms with Gasteiger partial charge in [0.05, 0.1) is 13.2 Å². The van der Waals surface area contributed by atoms with E-state index in [2.05, 4.69) is 0 Å². The van der Waals surface area contributed by atoms with Gasteiger partial charge in [0, 0.05) is 0 Å². The van der Waals surface area contributed by atoms with Crippen LogP contribution in [0.5, 0.6) is 5.75 Å². The summed E-state index contributed by atoms with van der Waals surface area (Å²) >= 11 is 0. The number of methoxy groups -OCH3 is 1. The van der Waals surface area contributed by atoms with Crippen LogP contribution in [0.1, 0.15) is 18.9 Å². The van der Waals surface area contributed by atoms with Gasteiger partial charge in [0.15, 0.2) is 0 Å². The molecule has 0 radical (unpaired) electrons. The van der Waals surface area contributed by atoms with Crippen LogP contribution in [0.25, 0.3) is 0 Å². The van der Waals surface area contributed by atoms with E-state index in [1.54, 1.807) is 20.1 Å². The van der Waals surface area contributed by atoms with E-state index in [9.17, 15) is 4.39 Å². The Bertz CT molecular complexity index is 297. The van der Waals surface area contributed by atoms with Crippen molar-refractivity contribution in [2.24, 2.45) is 0 Å². The van der Waals surface area contributed by atoms with Gasteiger partial charge in [-0.15, -0.1) is 0 Å². The standard InChI is InChI=1S/C11H15FO2/c1-8(13)3-4-9-7-10(12)5-6-11(9)14-2/h5-8,13H,3-4H2,1-2H3/t8-/m1/s1. The van der Waals surface area contributed by atoms with Crippen molar-refractivity contribution in [2.45, 2.75) is 25.9 Å². The van der Waals surface area contributed by atoms with E-state index in [0.717, 1.165) is 5.56 Å². The van der Waals surface area contributed by atoms with E-state index in [0.29, 0.717) is 18.6 Å². The zero-order valence-electron chi connectivity index (χ0n) is 8.46. The van der Waals surface area contributed by atoms with Gasteiger partial charge in [0.1, 0.15) is 11.6 Å². The molecular formula is C11H15FO2. The summed E-state index contributed by atoms with van der Waals surface area (Å²) in [5.41, 5.74) is 0.799. The second kappa shape index (κ2) is 4.96. The first kappa shape index (κ1) is 11.0. The van der Waals surface area contributed by atoms with Crippen molar-refractivity contribution in [3.8, 4) is 5.75 Å². The molecule has 1 aromatic carbocycles. The van der Waals surface area contributed by atoms with Gasteiger partial charge in [-0.3, -0.25) is 0 Å². The maximum atomic E-state index is 12.9. The van der Waals surface area contributed by atoms with Crippen molar-refractivity contribution >= 4 is 0 Å². The van der Waals surface area contributed by atoms with Crippen LogP contribution in [0.4, 0.5) is 4.39 Å². The molecule has 1 atom stereocenters. The van der Waals surface area contributed by atoms with Gasteiger partial charge < -0.3 is 9.84 Å². The van der Waals surface area contributed by atoms with Gasteiger partial charge in [0.25, 0.3) is 0 Å². The van der Waals surface area contributed by atoms with Crippen LogP contribution < -0.4 is 4.74 Å². The molecule has 0 amide bonds. The Morgan fingerprint density at radius 3 is 2.79 bits per heavy atom. The normalized spacial score (nSPS) is 12.6. The summed E-state index contributed by atoms with van der Waals surface area (Å²) in [5, 5.41) is 9.11. The lowest BCUT2D eigenvalue weighted by Gasteiger charge is -2.09. The molecule has 14 heavy (non-hydrogen) atoms. The SMILES string of the molecule is COc1ccc(F)cc1CC[C@@H](C)O. The van der Waals surface area contributed by atoms with E-state index in [1.807, 2.05) is 0 Å². The third kappa shape index (κ3) is 3.00. The maximum Gasteiger partial charge on any atom is 0.123 e. The Hall–Kier alpha value is -1.09. The predicted octanol–water partition coefficient (Wildman–Crippen LogP) is 2.15. The highest BCUT2D eigenvalue weighted by Gasteiger charge is 2.05. The smallest absolute Gasteiger partial charge is 0.123 e. The molecule has 0 saturated heterocycles. The quantitative estimate of drug-likeness (QED) is 0.803. The Kier molecular flexibility index (Phi) is 3.89. The molecule has 0 aliphatic rings. The molecule has 0 saturated carbocycles. The lowest BCUT2D eigenvalue weighted by molar-refractivity contribution is 0.184. The number of rotatable bonds is 4. The van der Waals surface area contributed by atoms with E-state index >= 15 is 0 Å². The van der Waals surface area contributed by atoms with E-state index < -0.39 is 0 Å². The number of aliphatic hydroxyl groups excluding tert-OH is 1. The van der Waals surface area contributed by atoms with E-state index in [4.69, 9.17) is 9.84 Å². The number of aliphatic hydroxyl groups is 1. The van der Waals surface area contributed by atoms with Crippen LogP contribution in [-0.4, -0.2) is 18.3 Å². The molecule has 3 heteroatoms. The molecule has 0 bridgehead atoms. The summed E-state index contributed by atoms with van der Waals surface area (Å²) in [6.07, 6.45) is 0.862. The number of hydrogen-bond donors (Lipinski definition) is 1. The van der Waals surface area contributed by atoms with Gasteiger partial charge in [-0.2, -0.15) is 0 Å². The van der Waals surface area contributed by atoms with Crippen molar-refractivity contribution in [2.75, 3.05) is 7.11 Å². The topological polar surface area (TPSA) is 29.5 Å². The summed E-state index contributed by atoms with van der Waals surface area (Å²) in [6.45, 7) is 1.71. The fraction of sp³-hybridized carbons (Fsp3) is 0.455. The van der Waals surface area contributed by atoms with Crippen molar-refractivity contribution in [1.29, 1.82) is 0 Å². The highest BCUT2D eigenvalue weighted by Crippen LogP contribution is 2.21. The Morgan fingerprint density at radius 1 is 1.50 bits per heavy atom. The molecule has 0 aliphatic heterocycles. The van der Waals surface area contributed by atoms with Crippen LogP contribution >= 0.6 is 0 Å². The molecule has 0 unspecified atom stereocenters. The first-order chi connectivity index (χ1) is 6.63. The molecule has 0 heterocycles. The molecule has 0 fully saturated rings. The second-order valence-electron chi connectivity index (χ2n) is 3.34. The van der Waals surface area contributed by atoms with Crippen molar-refractivity contribution in [3.63, 3.8) is 0 Å². The number of hydrogen-bond acceptors (Lipinski definition) is 2. The van der Waals surface area contributed by atoms with Crippen LogP contribution in [0.3, 0.4) is 0 Å². The fourth-order valence-electron chi connectivity index (χ4n) is 1.31. The number of halogens is 1. The summed E-state index contributed by atoms with van der Waals surface area (Å²) < 4.78 is 18.0. The summed E-state index contributed by atoms with van der Waals surface area (Å²) in [7, 11) is 1.55. The van der Waals surface area contributed by atoms with E-state index in [1.165, 1.54) is 12.1 Å². The molecular weight excluding hydrogens is 183 g/mol. The first-order valence-corrected chi connectivity index (χ1v) is 4.64. The minimum absolute atomic E-state index is 0.272. The highest BCUT2D eigenvalue weighted by molar-refractivity contribution is 5.33. The minimum atomic E-state index is -0.372.